The number of aliphatic hydroxyl groups excluding tert-OH is 2. The fraction of sp³-hybridized carbons (Fsp3) is 0.522. The van der Waals surface area contributed by atoms with Crippen molar-refractivity contribution >= 4 is 11.8 Å². The zero-order valence-corrected chi connectivity index (χ0v) is 19.9. The maximum atomic E-state index is 14.0. The highest BCUT2D eigenvalue weighted by atomic mass is 19.4. The third kappa shape index (κ3) is 6.53. The van der Waals surface area contributed by atoms with Crippen LogP contribution in [0.15, 0.2) is 24.5 Å². The monoisotopic (exact) mass is 547 g/mol. The smallest absolute Gasteiger partial charge is 0.434 e. The van der Waals surface area contributed by atoms with Crippen LogP contribution in [-0.2, 0) is 17.5 Å². The van der Waals surface area contributed by atoms with E-state index in [2.05, 4.69) is 15.3 Å². The Balaban J connectivity index is 1.27. The first-order valence-corrected chi connectivity index (χ1v) is 11.7. The van der Waals surface area contributed by atoms with Gasteiger partial charge in [0.25, 0.3) is 0 Å². The molecule has 3 heterocycles. The van der Waals surface area contributed by atoms with E-state index in [9.17, 15) is 37.0 Å². The number of piperazine rings is 1. The van der Waals surface area contributed by atoms with Gasteiger partial charge in [0.2, 0.25) is 0 Å². The molecule has 0 amide bonds. The summed E-state index contributed by atoms with van der Waals surface area (Å²) in [5, 5.41) is 32.6. The number of aromatic carboxylic acids is 1. The number of benzene rings is 1. The summed E-state index contributed by atoms with van der Waals surface area (Å²) < 4.78 is 72.2. The first kappa shape index (κ1) is 28.0. The van der Waals surface area contributed by atoms with Crippen LogP contribution in [0.3, 0.4) is 0 Å². The van der Waals surface area contributed by atoms with Crippen LogP contribution in [0.1, 0.15) is 21.6 Å². The van der Waals surface area contributed by atoms with Gasteiger partial charge >= 0.3 is 12.1 Å². The summed E-state index contributed by atoms with van der Waals surface area (Å²) in [5.41, 5.74) is -1.89. The first-order valence-electron chi connectivity index (χ1n) is 11.7. The Bertz CT molecular complexity index is 1120. The van der Waals surface area contributed by atoms with Crippen LogP contribution < -0.4 is 5.32 Å². The molecule has 10 nitrogen and oxygen atoms in total. The van der Waals surface area contributed by atoms with Crippen molar-refractivity contribution in [1.29, 1.82) is 0 Å². The van der Waals surface area contributed by atoms with Gasteiger partial charge in [-0.1, -0.05) is 0 Å². The average molecular weight is 547 g/mol. The zero-order chi connectivity index (χ0) is 27.6. The molecule has 0 unspecified atom stereocenters. The van der Waals surface area contributed by atoms with Gasteiger partial charge in [-0.2, -0.15) is 13.2 Å². The number of rotatable bonds is 7. The summed E-state index contributed by atoms with van der Waals surface area (Å²) in [5.74, 6) is -4.17. The van der Waals surface area contributed by atoms with Crippen LogP contribution >= 0.6 is 0 Å². The quantitative estimate of drug-likeness (QED) is 0.375. The highest BCUT2D eigenvalue weighted by Crippen LogP contribution is 2.28. The summed E-state index contributed by atoms with van der Waals surface area (Å²) in [7, 11) is 0. The van der Waals surface area contributed by atoms with Crippen LogP contribution in [0.4, 0.5) is 27.8 Å². The van der Waals surface area contributed by atoms with Crippen molar-refractivity contribution in [1.82, 2.24) is 19.8 Å². The van der Waals surface area contributed by atoms with Gasteiger partial charge in [0.05, 0.1) is 31.1 Å². The second kappa shape index (κ2) is 11.4. The minimum atomic E-state index is -4.68. The van der Waals surface area contributed by atoms with Crippen molar-refractivity contribution in [2.24, 2.45) is 0 Å². The molecule has 2 aliphatic rings. The van der Waals surface area contributed by atoms with E-state index in [1.54, 1.807) is 0 Å². The lowest BCUT2D eigenvalue weighted by Gasteiger charge is -2.42. The third-order valence-electron chi connectivity index (χ3n) is 6.52. The zero-order valence-electron chi connectivity index (χ0n) is 19.9. The number of hydrogen-bond acceptors (Lipinski definition) is 9. The second-order valence-corrected chi connectivity index (χ2v) is 9.21. The fourth-order valence-electron chi connectivity index (χ4n) is 4.50. The molecule has 208 valence electrons. The van der Waals surface area contributed by atoms with Crippen LogP contribution in [-0.4, -0.2) is 105 Å². The molecule has 2 fully saturated rings. The van der Waals surface area contributed by atoms with Crippen LogP contribution in [0, 0.1) is 11.6 Å². The number of ether oxygens (including phenoxy) is 1. The number of halogens is 5. The maximum Gasteiger partial charge on any atom is 0.434 e. The van der Waals surface area contributed by atoms with Gasteiger partial charge in [-0.15, -0.1) is 0 Å². The molecule has 4 rings (SSSR count). The molecule has 15 heteroatoms. The summed E-state index contributed by atoms with van der Waals surface area (Å²) in [6.07, 6.45) is -6.45. The van der Waals surface area contributed by atoms with Crippen molar-refractivity contribution in [3.8, 4) is 0 Å². The first-order chi connectivity index (χ1) is 17.9. The van der Waals surface area contributed by atoms with Gasteiger partial charge < -0.3 is 25.4 Å². The van der Waals surface area contributed by atoms with E-state index in [-0.39, 0.29) is 25.5 Å². The Morgan fingerprint density at radius 2 is 1.68 bits per heavy atom. The normalized spacial score (nSPS) is 25.3. The number of hydrogen-bond donors (Lipinski definition) is 4. The van der Waals surface area contributed by atoms with E-state index in [1.165, 1.54) is 0 Å². The largest absolute Gasteiger partial charge is 0.477 e. The number of carbonyl (C=O) groups is 1. The van der Waals surface area contributed by atoms with Gasteiger partial charge in [0, 0.05) is 39.3 Å². The van der Waals surface area contributed by atoms with Gasteiger partial charge in [0.15, 0.2) is 5.69 Å². The van der Waals surface area contributed by atoms with Crippen molar-refractivity contribution in [3.05, 3.63) is 53.0 Å². The van der Waals surface area contributed by atoms with Gasteiger partial charge in [-0.25, -0.2) is 18.6 Å². The molecule has 2 aliphatic heterocycles. The maximum absolute atomic E-state index is 14.0. The summed E-state index contributed by atoms with van der Waals surface area (Å²) in [6.45, 7) is 2.50. The highest BCUT2D eigenvalue weighted by molar-refractivity contribution is 5.88. The SMILES string of the molecule is O=C(O)c1c(F)cc(CN2CCN(C[C@H]3OC[C@H](Nc4cncc(C(F)(F)F)n4)[C@@H](O)[C@H]3O)CC2)cc1F. The number of aliphatic hydroxyl groups is 2. The Kier molecular flexibility index (Phi) is 8.42. The average Bonchev–Trinajstić information content (AvgIpc) is 2.84. The van der Waals surface area contributed by atoms with E-state index in [0.29, 0.717) is 37.9 Å². The number of nitrogens with zero attached hydrogens (tertiary/aromatic N) is 4. The van der Waals surface area contributed by atoms with Gasteiger partial charge in [-0.05, 0) is 17.7 Å². The van der Waals surface area contributed by atoms with E-state index < -0.39 is 59.4 Å². The van der Waals surface area contributed by atoms with E-state index >= 15 is 0 Å². The second-order valence-electron chi connectivity index (χ2n) is 9.21. The van der Waals surface area contributed by atoms with E-state index in [1.807, 2.05) is 9.80 Å². The lowest BCUT2D eigenvalue weighted by atomic mass is 9.97. The molecule has 38 heavy (non-hydrogen) atoms. The fourth-order valence-corrected chi connectivity index (χ4v) is 4.50. The third-order valence-corrected chi connectivity index (χ3v) is 6.52. The summed E-state index contributed by atoms with van der Waals surface area (Å²) >= 11 is 0. The molecule has 0 saturated carbocycles. The lowest BCUT2D eigenvalue weighted by Crippen LogP contribution is -2.59. The topological polar surface area (TPSA) is 131 Å². The van der Waals surface area contributed by atoms with Crippen molar-refractivity contribution < 1.29 is 46.8 Å². The Hall–Kier alpha value is -2.98. The Morgan fingerprint density at radius 3 is 2.29 bits per heavy atom. The molecule has 2 aromatic rings. The van der Waals surface area contributed by atoms with Crippen LogP contribution in [0.5, 0.6) is 0 Å². The molecule has 2 saturated heterocycles. The predicted molar refractivity (Wildman–Crippen MR) is 121 cm³/mol. The highest BCUT2D eigenvalue weighted by Gasteiger charge is 2.40. The number of carboxylic acids is 1. The van der Waals surface area contributed by atoms with E-state index in [0.717, 1.165) is 18.3 Å². The standard InChI is InChI=1S/C23H26F5N5O5/c24-13-5-12(6-14(25)19(13)22(36)37)9-32-1-3-33(4-2-32)10-16-21(35)20(34)15(11-38-16)30-18-8-29-7-17(31-18)23(26,27)28/h5-8,15-16,20-21,34-35H,1-4,9-11H2,(H,30,31)(H,36,37)/t15-,16+,20+,21-/m0/s1. The Labute approximate surface area is 213 Å². The van der Waals surface area contributed by atoms with Crippen molar-refractivity contribution in [2.75, 3.05) is 44.6 Å². The van der Waals surface area contributed by atoms with Gasteiger partial charge in [0.1, 0.15) is 35.2 Å². The molecule has 1 aromatic carbocycles. The van der Waals surface area contributed by atoms with Crippen LogP contribution in [0.2, 0.25) is 0 Å². The lowest BCUT2D eigenvalue weighted by molar-refractivity contribution is -0.148. The molecular formula is C23H26F5N5O5. The molecule has 0 aliphatic carbocycles. The van der Waals surface area contributed by atoms with Gasteiger partial charge in [-0.3, -0.25) is 14.8 Å². The molecule has 0 radical (unpaired) electrons. The van der Waals surface area contributed by atoms with E-state index in [4.69, 9.17) is 9.84 Å². The number of carboxylic acid groups (broad SMARTS) is 1. The molecule has 0 bridgehead atoms. The minimum absolute atomic E-state index is 0.0930. The summed E-state index contributed by atoms with van der Waals surface area (Å²) in [6, 6.07) is 1.09. The van der Waals surface area contributed by atoms with Crippen molar-refractivity contribution in [3.63, 3.8) is 0 Å². The molecule has 4 atom stereocenters. The number of aromatic nitrogens is 2. The van der Waals surface area contributed by atoms with Crippen LogP contribution in [0.25, 0.3) is 0 Å². The van der Waals surface area contributed by atoms with Crippen molar-refractivity contribution in [2.45, 2.75) is 37.1 Å². The number of nitrogens with one attached hydrogen (secondary N) is 1. The summed E-state index contributed by atoms with van der Waals surface area (Å²) in [4.78, 5) is 21.8. The number of anilines is 1. The minimum Gasteiger partial charge on any atom is -0.477 e. The predicted octanol–water partition coefficient (Wildman–Crippen LogP) is 1.19. The molecule has 0 spiro atoms. The molecule has 4 N–H and O–H groups in total. The Morgan fingerprint density at radius 1 is 1.05 bits per heavy atom. The molecular weight excluding hydrogens is 521 g/mol. The molecule has 1 aromatic heterocycles. The number of alkyl halides is 3.